The summed E-state index contributed by atoms with van der Waals surface area (Å²) in [7, 11) is 3.62. The van der Waals surface area contributed by atoms with E-state index in [-0.39, 0.29) is 5.60 Å². The number of nitrogens with zero attached hydrogens (tertiary/aromatic N) is 2. The second-order valence-corrected chi connectivity index (χ2v) is 5.69. The fourth-order valence-electron chi connectivity index (χ4n) is 2.91. The van der Waals surface area contributed by atoms with Gasteiger partial charge in [0.05, 0.1) is 17.9 Å². The summed E-state index contributed by atoms with van der Waals surface area (Å²) in [5, 5.41) is 14.7. The van der Waals surface area contributed by atoms with Crippen LogP contribution in [0, 0.1) is 5.92 Å². The van der Waals surface area contributed by atoms with Crippen LogP contribution in [0.15, 0.2) is 12.4 Å². The Morgan fingerprint density at radius 3 is 2.72 bits per heavy atom. The van der Waals surface area contributed by atoms with Crippen LogP contribution in [-0.4, -0.2) is 33.7 Å². The average molecular weight is 252 g/mol. The lowest BCUT2D eigenvalue weighted by molar-refractivity contribution is -0.127. The van der Waals surface area contributed by atoms with E-state index in [4.69, 9.17) is 4.74 Å². The molecule has 1 aliphatic rings. The summed E-state index contributed by atoms with van der Waals surface area (Å²) in [6.45, 7) is 2.27. The summed E-state index contributed by atoms with van der Waals surface area (Å²) in [4.78, 5) is 0. The summed E-state index contributed by atoms with van der Waals surface area (Å²) in [5.41, 5.74) is 0.711. The summed E-state index contributed by atoms with van der Waals surface area (Å²) < 4.78 is 7.46. The number of aliphatic hydroxyl groups is 1. The molecule has 1 fully saturated rings. The molecule has 4 heteroatoms. The van der Waals surface area contributed by atoms with Crippen LogP contribution in [0.3, 0.4) is 0 Å². The molecule has 1 aromatic rings. The zero-order valence-electron chi connectivity index (χ0n) is 11.6. The Labute approximate surface area is 109 Å². The molecule has 1 aliphatic carbocycles. The van der Waals surface area contributed by atoms with Crippen LogP contribution in [0.5, 0.6) is 0 Å². The molecule has 0 aromatic carbocycles. The molecule has 0 aliphatic heterocycles. The largest absolute Gasteiger partial charge is 0.390 e. The molecular formula is C14H24N2O2. The normalized spacial score (nSPS) is 30.3. The highest BCUT2D eigenvalue weighted by atomic mass is 16.5. The van der Waals surface area contributed by atoms with Crippen molar-refractivity contribution in [2.24, 2.45) is 13.0 Å². The van der Waals surface area contributed by atoms with Gasteiger partial charge in [-0.15, -0.1) is 0 Å². The van der Waals surface area contributed by atoms with Gasteiger partial charge in [-0.1, -0.05) is 6.92 Å². The summed E-state index contributed by atoms with van der Waals surface area (Å²) in [6.07, 6.45) is 8.12. The van der Waals surface area contributed by atoms with E-state index in [1.807, 2.05) is 19.4 Å². The lowest BCUT2D eigenvalue weighted by atomic mass is 9.75. The molecule has 1 unspecified atom stereocenters. The summed E-state index contributed by atoms with van der Waals surface area (Å²) in [5.74, 6) is 0.749. The maximum Gasteiger partial charge on any atom is 0.0939 e. The maximum atomic E-state index is 10.5. The third-order valence-corrected chi connectivity index (χ3v) is 4.32. The van der Waals surface area contributed by atoms with Crippen molar-refractivity contribution in [3.05, 3.63) is 18.0 Å². The number of aryl methyl sites for hydroxylation is 1. The first kappa shape index (κ1) is 13.6. The van der Waals surface area contributed by atoms with Gasteiger partial charge in [0, 0.05) is 26.8 Å². The van der Waals surface area contributed by atoms with Gasteiger partial charge in [-0.2, -0.15) is 5.10 Å². The van der Waals surface area contributed by atoms with Gasteiger partial charge in [0.2, 0.25) is 0 Å². The molecule has 1 saturated carbocycles. The predicted molar refractivity (Wildman–Crippen MR) is 70.3 cm³/mol. The third kappa shape index (κ3) is 2.75. The average Bonchev–Trinajstić information content (AvgIpc) is 2.76. The Balaban J connectivity index is 2.03. The van der Waals surface area contributed by atoms with Gasteiger partial charge in [-0.05, 0) is 37.2 Å². The van der Waals surface area contributed by atoms with E-state index in [1.165, 1.54) is 0 Å². The smallest absolute Gasteiger partial charge is 0.0939 e. The van der Waals surface area contributed by atoms with Crippen molar-refractivity contribution in [1.29, 1.82) is 0 Å². The van der Waals surface area contributed by atoms with Crippen LogP contribution < -0.4 is 0 Å². The second kappa shape index (κ2) is 5.41. The number of aliphatic hydroxyl groups excluding tert-OH is 1. The number of hydrogen-bond acceptors (Lipinski definition) is 3. The Morgan fingerprint density at radius 2 is 2.22 bits per heavy atom. The monoisotopic (exact) mass is 252 g/mol. The van der Waals surface area contributed by atoms with E-state index < -0.39 is 6.10 Å². The highest BCUT2D eigenvalue weighted by molar-refractivity contribution is 5.08. The van der Waals surface area contributed by atoms with Gasteiger partial charge in [0.1, 0.15) is 0 Å². The quantitative estimate of drug-likeness (QED) is 0.890. The molecule has 1 N–H and O–H groups in total. The Hall–Kier alpha value is -0.870. The van der Waals surface area contributed by atoms with Gasteiger partial charge in [-0.25, -0.2) is 0 Å². The van der Waals surface area contributed by atoms with Crippen LogP contribution in [0.25, 0.3) is 0 Å². The van der Waals surface area contributed by atoms with Crippen LogP contribution in [0.4, 0.5) is 0 Å². The minimum Gasteiger partial charge on any atom is -0.390 e. The third-order valence-electron chi connectivity index (χ3n) is 4.32. The second-order valence-electron chi connectivity index (χ2n) is 5.69. The van der Waals surface area contributed by atoms with Crippen LogP contribution in [0.1, 0.15) is 38.2 Å². The fraction of sp³-hybridized carbons (Fsp3) is 0.786. The van der Waals surface area contributed by atoms with Gasteiger partial charge < -0.3 is 9.84 Å². The van der Waals surface area contributed by atoms with Crippen LogP contribution >= 0.6 is 0 Å². The van der Waals surface area contributed by atoms with Crippen molar-refractivity contribution in [3.63, 3.8) is 0 Å². The van der Waals surface area contributed by atoms with E-state index in [1.54, 1.807) is 11.8 Å². The first-order valence-electron chi connectivity index (χ1n) is 6.76. The lowest BCUT2D eigenvalue weighted by Gasteiger charge is -2.41. The molecule has 0 saturated heterocycles. The maximum absolute atomic E-state index is 10.5. The number of rotatable bonds is 4. The zero-order valence-corrected chi connectivity index (χ0v) is 11.6. The summed E-state index contributed by atoms with van der Waals surface area (Å²) in [6, 6.07) is 0. The topological polar surface area (TPSA) is 47.3 Å². The molecule has 102 valence electrons. The Morgan fingerprint density at radius 1 is 1.56 bits per heavy atom. The molecule has 0 radical (unpaired) electrons. The van der Waals surface area contributed by atoms with Crippen molar-refractivity contribution in [2.75, 3.05) is 7.11 Å². The zero-order chi connectivity index (χ0) is 13.2. The number of ether oxygens (including phenoxy) is 1. The molecular weight excluding hydrogens is 228 g/mol. The lowest BCUT2D eigenvalue weighted by Crippen LogP contribution is -2.47. The minimum absolute atomic E-state index is 0.359. The van der Waals surface area contributed by atoms with Crippen LogP contribution in [-0.2, 0) is 18.2 Å². The molecule has 0 bridgehead atoms. The Bertz CT molecular complexity index is 381. The number of methoxy groups -OCH3 is 1. The van der Waals surface area contributed by atoms with Gasteiger partial charge in [0.25, 0.3) is 0 Å². The molecule has 4 nitrogen and oxygen atoms in total. The van der Waals surface area contributed by atoms with E-state index in [0.29, 0.717) is 6.42 Å². The highest BCUT2D eigenvalue weighted by Crippen LogP contribution is 2.37. The Kier molecular flexibility index (Phi) is 4.07. The van der Waals surface area contributed by atoms with Crippen molar-refractivity contribution < 1.29 is 9.84 Å². The number of aromatic nitrogens is 2. The first-order valence-corrected chi connectivity index (χ1v) is 6.76. The van der Waals surface area contributed by atoms with Gasteiger partial charge in [-0.3, -0.25) is 4.68 Å². The SMILES string of the molecule is COC1(C(O)Cc2cnn(C)c2)CCC(C)CC1. The van der Waals surface area contributed by atoms with Crippen molar-refractivity contribution >= 4 is 0 Å². The van der Waals surface area contributed by atoms with Crippen molar-refractivity contribution in [3.8, 4) is 0 Å². The number of hydrogen-bond donors (Lipinski definition) is 1. The van der Waals surface area contributed by atoms with E-state index in [0.717, 1.165) is 37.2 Å². The first-order chi connectivity index (χ1) is 8.55. The fourth-order valence-corrected chi connectivity index (χ4v) is 2.91. The molecule has 2 rings (SSSR count). The molecule has 18 heavy (non-hydrogen) atoms. The minimum atomic E-state index is -0.445. The van der Waals surface area contributed by atoms with E-state index in [2.05, 4.69) is 12.0 Å². The standard InChI is InChI=1S/C14H24N2O2/c1-11-4-6-14(18-3,7-5-11)13(17)8-12-9-15-16(2)10-12/h9-11,13,17H,4-8H2,1-3H3. The predicted octanol–water partition coefficient (Wildman–Crippen LogP) is 1.92. The highest BCUT2D eigenvalue weighted by Gasteiger charge is 2.40. The van der Waals surface area contributed by atoms with E-state index in [9.17, 15) is 5.11 Å². The molecule has 0 amide bonds. The molecule has 1 heterocycles. The van der Waals surface area contributed by atoms with Crippen molar-refractivity contribution in [1.82, 2.24) is 9.78 Å². The van der Waals surface area contributed by atoms with Gasteiger partial charge in [0.15, 0.2) is 0 Å². The molecule has 1 atom stereocenters. The summed E-state index contributed by atoms with van der Waals surface area (Å²) >= 11 is 0. The molecule has 1 aromatic heterocycles. The van der Waals surface area contributed by atoms with Crippen LogP contribution in [0.2, 0.25) is 0 Å². The van der Waals surface area contributed by atoms with Gasteiger partial charge >= 0.3 is 0 Å². The van der Waals surface area contributed by atoms with E-state index >= 15 is 0 Å². The van der Waals surface area contributed by atoms with Crippen molar-refractivity contribution in [2.45, 2.75) is 50.7 Å². The molecule has 0 spiro atoms.